The van der Waals surface area contributed by atoms with Crippen molar-refractivity contribution in [3.63, 3.8) is 0 Å². The third-order valence-corrected chi connectivity index (χ3v) is 3.70. The van der Waals surface area contributed by atoms with Crippen molar-refractivity contribution in [1.29, 1.82) is 0 Å². The molecule has 1 aromatic heterocycles. The fraction of sp³-hybridized carbons (Fsp3) is 0.385. The molecule has 5 heteroatoms. The maximum Gasteiger partial charge on any atom is 0.191 e. The van der Waals surface area contributed by atoms with Crippen LogP contribution in [0.1, 0.15) is 31.0 Å². The monoisotopic (exact) mass is 263 g/mol. The zero-order chi connectivity index (χ0) is 13.0. The first-order valence-corrected chi connectivity index (χ1v) is 6.90. The van der Waals surface area contributed by atoms with Crippen LogP contribution in [-0.4, -0.2) is 19.9 Å². The van der Waals surface area contributed by atoms with Crippen LogP contribution in [0, 0.1) is 0 Å². The molecule has 0 unspecified atom stereocenters. The first-order valence-electron chi connectivity index (χ1n) is 5.91. The van der Waals surface area contributed by atoms with E-state index in [-0.39, 0.29) is 6.61 Å². The van der Waals surface area contributed by atoms with Gasteiger partial charge in [-0.2, -0.15) is 0 Å². The molecule has 0 aliphatic heterocycles. The fourth-order valence-corrected chi connectivity index (χ4v) is 2.58. The fourth-order valence-electron chi connectivity index (χ4n) is 1.58. The first-order chi connectivity index (χ1) is 8.70. The van der Waals surface area contributed by atoms with Crippen LogP contribution >= 0.6 is 11.8 Å². The van der Waals surface area contributed by atoms with Crippen LogP contribution in [0.4, 0.5) is 0 Å². The molecule has 0 aliphatic carbocycles. The van der Waals surface area contributed by atoms with E-state index >= 15 is 0 Å². The van der Waals surface area contributed by atoms with Crippen molar-refractivity contribution in [2.24, 2.45) is 0 Å². The van der Waals surface area contributed by atoms with Gasteiger partial charge < -0.3 is 9.67 Å². The third kappa shape index (κ3) is 3.11. The number of aromatic nitrogens is 3. The second-order valence-electron chi connectivity index (χ2n) is 4.38. The van der Waals surface area contributed by atoms with Gasteiger partial charge >= 0.3 is 0 Å². The van der Waals surface area contributed by atoms with Crippen LogP contribution in [0.15, 0.2) is 35.7 Å². The Bertz CT molecular complexity index is 493. The maximum absolute atomic E-state index is 8.98. The van der Waals surface area contributed by atoms with Crippen LogP contribution in [-0.2, 0) is 12.4 Å². The van der Waals surface area contributed by atoms with E-state index in [1.807, 2.05) is 24.3 Å². The number of hydrogen-bond acceptors (Lipinski definition) is 4. The molecule has 0 spiro atoms. The molecule has 0 bridgehead atoms. The number of aliphatic hydroxyl groups excluding tert-OH is 1. The van der Waals surface area contributed by atoms with Gasteiger partial charge in [-0.3, -0.25) is 0 Å². The average molecular weight is 263 g/mol. The smallest absolute Gasteiger partial charge is 0.191 e. The van der Waals surface area contributed by atoms with Crippen LogP contribution in [0.25, 0.3) is 0 Å². The lowest BCUT2D eigenvalue weighted by atomic mass is 10.2. The van der Waals surface area contributed by atoms with E-state index in [0.29, 0.717) is 6.04 Å². The van der Waals surface area contributed by atoms with Crippen LogP contribution in [0.2, 0.25) is 0 Å². The van der Waals surface area contributed by atoms with Crippen molar-refractivity contribution in [3.8, 4) is 0 Å². The molecule has 1 N–H and O–H groups in total. The number of nitrogens with zero attached hydrogens (tertiary/aromatic N) is 3. The van der Waals surface area contributed by atoms with Gasteiger partial charge in [-0.15, -0.1) is 10.2 Å². The van der Waals surface area contributed by atoms with E-state index in [2.05, 4.69) is 28.6 Å². The molecule has 0 aliphatic rings. The Morgan fingerprint density at radius 2 is 1.89 bits per heavy atom. The van der Waals surface area contributed by atoms with Crippen molar-refractivity contribution >= 4 is 11.8 Å². The molecule has 0 atom stereocenters. The van der Waals surface area contributed by atoms with Gasteiger partial charge in [0.2, 0.25) is 0 Å². The summed E-state index contributed by atoms with van der Waals surface area (Å²) < 4.78 is 2.06. The number of benzene rings is 1. The lowest BCUT2D eigenvalue weighted by Crippen LogP contribution is -2.00. The molecular formula is C13H17N3OS. The largest absolute Gasteiger partial charge is 0.392 e. The standard InChI is InChI=1S/C13H17N3OS/c1-10(2)16-9-14-15-13(16)18-8-12-5-3-11(7-17)4-6-12/h3-6,9-10,17H,7-8H2,1-2H3. The Morgan fingerprint density at radius 1 is 1.22 bits per heavy atom. The summed E-state index contributed by atoms with van der Waals surface area (Å²) >= 11 is 1.68. The molecule has 0 saturated carbocycles. The van der Waals surface area contributed by atoms with E-state index in [4.69, 9.17) is 5.11 Å². The normalized spacial score (nSPS) is 11.1. The third-order valence-electron chi connectivity index (χ3n) is 2.67. The van der Waals surface area contributed by atoms with E-state index in [9.17, 15) is 0 Å². The molecule has 4 nitrogen and oxygen atoms in total. The zero-order valence-corrected chi connectivity index (χ0v) is 11.4. The first kappa shape index (κ1) is 13.1. The van der Waals surface area contributed by atoms with Crippen LogP contribution < -0.4 is 0 Å². The zero-order valence-electron chi connectivity index (χ0n) is 10.6. The minimum Gasteiger partial charge on any atom is -0.392 e. The Morgan fingerprint density at radius 3 is 2.50 bits per heavy atom. The summed E-state index contributed by atoms with van der Waals surface area (Å²) in [6, 6.07) is 8.34. The highest BCUT2D eigenvalue weighted by atomic mass is 32.2. The molecule has 0 amide bonds. The lowest BCUT2D eigenvalue weighted by Gasteiger charge is -2.09. The summed E-state index contributed by atoms with van der Waals surface area (Å²) in [5.41, 5.74) is 2.16. The minimum absolute atomic E-state index is 0.0924. The van der Waals surface area contributed by atoms with Crippen LogP contribution in [0.3, 0.4) is 0 Å². The molecule has 0 saturated heterocycles. The second kappa shape index (κ2) is 6.02. The van der Waals surface area contributed by atoms with Gasteiger partial charge in [0.1, 0.15) is 6.33 Å². The maximum atomic E-state index is 8.98. The Balaban J connectivity index is 2.00. The molecular weight excluding hydrogens is 246 g/mol. The Kier molecular flexibility index (Phi) is 4.38. The van der Waals surface area contributed by atoms with Crippen molar-refractivity contribution < 1.29 is 5.11 Å². The molecule has 0 fully saturated rings. The summed E-state index contributed by atoms with van der Waals surface area (Å²) in [5, 5.41) is 18.0. The summed E-state index contributed by atoms with van der Waals surface area (Å²) in [4.78, 5) is 0. The quantitative estimate of drug-likeness (QED) is 0.843. The van der Waals surface area contributed by atoms with Crippen molar-refractivity contribution in [2.45, 2.75) is 37.4 Å². The molecule has 1 heterocycles. The molecule has 0 radical (unpaired) electrons. The molecule has 2 rings (SSSR count). The number of thioether (sulfide) groups is 1. The molecule has 96 valence electrons. The van der Waals surface area contributed by atoms with Crippen molar-refractivity contribution in [2.75, 3.05) is 0 Å². The highest BCUT2D eigenvalue weighted by Crippen LogP contribution is 2.23. The average Bonchev–Trinajstić information content (AvgIpc) is 2.85. The Hall–Kier alpha value is -1.33. The van der Waals surface area contributed by atoms with Gasteiger partial charge in [0.05, 0.1) is 6.61 Å². The summed E-state index contributed by atoms with van der Waals surface area (Å²) in [6.07, 6.45) is 1.77. The van der Waals surface area contributed by atoms with Gasteiger partial charge in [-0.05, 0) is 25.0 Å². The van der Waals surface area contributed by atoms with Crippen molar-refractivity contribution in [3.05, 3.63) is 41.7 Å². The van der Waals surface area contributed by atoms with Gasteiger partial charge in [-0.1, -0.05) is 36.0 Å². The number of hydrogen-bond donors (Lipinski definition) is 1. The Labute approximate surface area is 111 Å². The van der Waals surface area contributed by atoms with E-state index in [1.54, 1.807) is 18.1 Å². The summed E-state index contributed by atoms with van der Waals surface area (Å²) in [7, 11) is 0. The summed E-state index contributed by atoms with van der Waals surface area (Å²) in [6.45, 7) is 4.32. The molecule has 18 heavy (non-hydrogen) atoms. The number of aliphatic hydroxyl groups is 1. The predicted octanol–water partition coefficient (Wildman–Crippen LogP) is 2.64. The van der Waals surface area contributed by atoms with Gasteiger partial charge in [0.25, 0.3) is 0 Å². The van der Waals surface area contributed by atoms with Crippen LogP contribution in [0.5, 0.6) is 0 Å². The van der Waals surface area contributed by atoms with Crippen molar-refractivity contribution in [1.82, 2.24) is 14.8 Å². The van der Waals surface area contributed by atoms with Gasteiger partial charge in [0.15, 0.2) is 5.16 Å². The molecule has 1 aromatic carbocycles. The second-order valence-corrected chi connectivity index (χ2v) is 5.32. The molecule has 2 aromatic rings. The minimum atomic E-state index is 0.0924. The van der Waals surface area contributed by atoms with Gasteiger partial charge in [-0.25, -0.2) is 0 Å². The van der Waals surface area contributed by atoms with Gasteiger partial charge in [0, 0.05) is 11.8 Å². The topological polar surface area (TPSA) is 50.9 Å². The highest BCUT2D eigenvalue weighted by molar-refractivity contribution is 7.98. The number of rotatable bonds is 5. The van der Waals surface area contributed by atoms with E-state index in [0.717, 1.165) is 16.5 Å². The SMILES string of the molecule is CC(C)n1cnnc1SCc1ccc(CO)cc1. The summed E-state index contributed by atoms with van der Waals surface area (Å²) in [5.74, 6) is 0.858. The predicted molar refractivity (Wildman–Crippen MR) is 72.3 cm³/mol. The highest BCUT2D eigenvalue weighted by Gasteiger charge is 2.07. The lowest BCUT2D eigenvalue weighted by molar-refractivity contribution is 0.282. The van der Waals surface area contributed by atoms with E-state index < -0.39 is 0 Å². The van der Waals surface area contributed by atoms with E-state index in [1.165, 1.54) is 5.56 Å².